The lowest BCUT2D eigenvalue weighted by Crippen LogP contribution is -2.20. The van der Waals surface area contributed by atoms with Gasteiger partial charge in [-0.25, -0.2) is 4.98 Å². The first-order chi connectivity index (χ1) is 13.2. The molecule has 27 heavy (non-hydrogen) atoms. The monoisotopic (exact) mass is 380 g/mol. The first kappa shape index (κ1) is 18.7. The lowest BCUT2D eigenvalue weighted by atomic mass is 10.1. The Labute approximate surface area is 162 Å². The van der Waals surface area contributed by atoms with Crippen molar-refractivity contribution in [1.29, 1.82) is 0 Å². The van der Waals surface area contributed by atoms with Crippen LogP contribution in [-0.4, -0.2) is 24.6 Å². The van der Waals surface area contributed by atoms with Crippen molar-refractivity contribution >= 4 is 22.4 Å². The molecule has 0 saturated carbocycles. The number of nitrogens with zero attached hydrogens (tertiary/aromatic N) is 1. The highest BCUT2D eigenvalue weighted by atomic mass is 32.1. The number of benzene rings is 2. The molecule has 3 aromatic rings. The van der Waals surface area contributed by atoms with Crippen LogP contribution >= 0.6 is 11.3 Å². The summed E-state index contributed by atoms with van der Waals surface area (Å²) >= 11 is 1.38. The molecule has 0 radical (unpaired) electrons. The van der Waals surface area contributed by atoms with Crippen LogP contribution in [0, 0.1) is 0 Å². The van der Waals surface area contributed by atoms with E-state index in [4.69, 9.17) is 9.47 Å². The average Bonchev–Trinajstić information content (AvgIpc) is 3.16. The summed E-state index contributed by atoms with van der Waals surface area (Å²) < 4.78 is 10.9. The predicted octanol–water partition coefficient (Wildman–Crippen LogP) is 4.56. The van der Waals surface area contributed by atoms with Gasteiger partial charge < -0.3 is 9.47 Å². The molecule has 6 heteroatoms. The van der Waals surface area contributed by atoms with E-state index in [1.807, 2.05) is 53.9 Å². The van der Waals surface area contributed by atoms with Crippen LogP contribution in [0.5, 0.6) is 11.5 Å². The van der Waals surface area contributed by atoms with Crippen LogP contribution in [0.4, 0.5) is 5.13 Å². The number of ether oxygens (including phenoxy) is 2. The van der Waals surface area contributed by atoms with Gasteiger partial charge in [-0.1, -0.05) is 42.5 Å². The number of methoxy groups -OCH3 is 1. The number of carbonyl (C=O) groups is 1. The van der Waals surface area contributed by atoms with Gasteiger partial charge in [-0.2, -0.15) is 0 Å². The summed E-state index contributed by atoms with van der Waals surface area (Å²) in [6.45, 7) is 3.60. The average molecular weight is 380 g/mol. The zero-order chi connectivity index (χ0) is 19.1. The maximum absolute atomic E-state index is 12.2. The number of amides is 1. The van der Waals surface area contributed by atoms with Gasteiger partial charge in [-0.15, -0.1) is 17.9 Å². The highest BCUT2D eigenvalue weighted by molar-refractivity contribution is 7.14. The summed E-state index contributed by atoms with van der Waals surface area (Å²) in [5.41, 5.74) is 2.90. The zero-order valence-corrected chi connectivity index (χ0v) is 15.8. The lowest BCUT2D eigenvalue weighted by molar-refractivity contribution is -0.118. The quantitative estimate of drug-likeness (QED) is 0.582. The van der Waals surface area contributed by atoms with E-state index < -0.39 is 0 Å². The number of thiazole rings is 1. The Balaban J connectivity index is 1.59. The van der Waals surface area contributed by atoms with E-state index in [0.29, 0.717) is 16.6 Å². The van der Waals surface area contributed by atoms with Gasteiger partial charge in [0.1, 0.15) is 0 Å². The SMILES string of the molecule is C=CCc1ccc(OCC(=O)Nc2nc(-c3ccccc3)cs2)c(OC)c1. The summed E-state index contributed by atoms with van der Waals surface area (Å²) in [6.07, 6.45) is 2.56. The molecular formula is C21H20N2O3S. The van der Waals surface area contributed by atoms with Crippen molar-refractivity contribution in [3.05, 3.63) is 72.1 Å². The van der Waals surface area contributed by atoms with Crippen LogP contribution in [-0.2, 0) is 11.2 Å². The minimum absolute atomic E-state index is 0.128. The van der Waals surface area contributed by atoms with Crippen LogP contribution < -0.4 is 14.8 Å². The van der Waals surface area contributed by atoms with E-state index in [-0.39, 0.29) is 12.5 Å². The van der Waals surface area contributed by atoms with Gasteiger partial charge in [-0.05, 0) is 24.1 Å². The maximum atomic E-state index is 12.2. The van der Waals surface area contributed by atoms with Crippen LogP contribution in [0.3, 0.4) is 0 Å². The van der Waals surface area contributed by atoms with Gasteiger partial charge in [-0.3, -0.25) is 10.1 Å². The molecule has 0 aliphatic heterocycles. The summed E-state index contributed by atoms with van der Waals surface area (Å²) in [7, 11) is 1.57. The standard InChI is InChI=1S/C21H20N2O3S/c1-3-7-15-10-11-18(19(12-15)25-2)26-13-20(24)23-21-22-17(14-27-21)16-8-5-4-6-9-16/h3-6,8-12,14H,1,7,13H2,2H3,(H,22,23,24). The molecule has 0 aliphatic carbocycles. The van der Waals surface area contributed by atoms with Crippen molar-refractivity contribution in [2.24, 2.45) is 0 Å². The Bertz CT molecular complexity index is 922. The van der Waals surface area contributed by atoms with Crippen LogP contribution in [0.1, 0.15) is 5.56 Å². The lowest BCUT2D eigenvalue weighted by Gasteiger charge is -2.11. The van der Waals surface area contributed by atoms with Crippen molar-refractivity contribution in [3.63, 3.8) is 0 Å². The van der Waals surface area contributed by atoms with Gasteiger partial charge in [0.05, 0.1) is 12.8 Å². The third-order valence-corrected chi connectivity index (χ3v) is 4.54. The van der Waals surface area contributed by atoms with E-state index in [9.17, 15) is 4.79 Å². The third-order valence-electron chi connectivity index (χ3n) is 3.79. The van der Waals surface area contributed by atoms with Crippen molar-refractivity contribution in [2.75, 3.05) is 19.0 Å². The molecule has 0 saturated heterocycles. The molecular weight excluding hydrogens is 360 g/mol. The molecule has 0 spiro atoms. The predicted molar refractivity (Wildman–Crippen MR) is 109 cm³/mol. The molecule has 5 nitrogen and oxygen atoms in total. The molecule has 3 rings (SSSR count). The van der Waals surface area contributed by atoms with Gasteiger partial charge >= 0.3 is 0 Å². The van der Waals surface area contributed by atoms with Crippen LogP contribution in [0.15, 0.2) is 66.6 Å². The first-order valence-electron chi connectivity index (χ1n) is 8.41. The molecule has 1 aromatic heterocycles. The number of anilines is 1. The molecule has 0 unspecified atom stereocenters. The van der Waals surface area contributed by atoms with Crippen molar-refractivity contribution in [3.8, 4) is 22.8 Å². The van der Waals surface area contributed by atoms with Crippen molar-refractivity contribution < 1.29 is 14.3 Å². The third kappa shape index (κ3) is 4.95. The zero-order valence-electron chi connectivity index (χ0n) is 15.0. The fourth-order valence-corrected chi connectivity index (χ4v) is 3.23. The number of nitrogens with one attached hydrogen (secondary N) is 1. The highest BCUT2D eigenvalue weighted by Crippen LogP contribution is 2.28. The molecule has 0 aliphatic rings. The summed E-state index contributed by atoms with van der Waals surface area (Å²) in [6, 6.07) is 15.4. The first-order valence-corrected chi connectivity index (χ1v) is 9.29. The Hall–Kier alpha value is -3.12. The van der Waals surface area contributed by atoms with Gasteiger partial charge in [0, 0.05) is 10.9 Å². The minimum atomic E-state index is -0.277. The highest BCUT2D eigenvalue weighted by Gasteiger charge is 2.11. The molecule has 138 valence electrons. The number of carbonyl (C=O) groups excluding carboxylic acids is 1. The number of hydrogen-bond acceptors (Lipinski definition) is 5. The molecule has 2 aromatic carbocycles. The normalized spacial score (nSPS) is 10.3. The fraction of sp³-hybridized carbons (Fsp3) is 0.143. The van der Waals surface area contributed by atoms with Crippen molar-refractivity contribution in [2.45, 2.75) is 6.42 Å². The number of hydrogen-bond donors (Lipinski definition) is 1. The summed E-state index contributed by atoms with van der Waals surface area (Å²) in [4.78, 5) is 16.6. The Morgan fingerprint density at radius 1 is 1.22 bits per heavy atom. The largest absolute Gasteiger partial charge is 0.493 e. The Morgan fingerprint density at radius 3 is 2.78 bits per heavy atom. The van der Waals surface area contributed by atoms with E-state index in [1.165, 1.54) is 11.3 Å². The second-order valence-corrected chi connectivity index (χ2v) is 6.58. The topological polar surface area (TPSA) is 60.5 Å². The van der Waals surface area contributed by atoms with E-state index in [0.717, 1.165) is 23.2 Å². The molecule has 0 bridgehead atoms. The van der Waals surface area contributed by atoms with Gasteiger partial charge in [0.2, 0.25) is 0 Å². The number of rotatable bonds is 8. The number of aromatic nitrogens is 1. The smallest absolute Gasteiger partial charge is 0.264 e. The van der Waals surface area contributed by atoms with E-state index in [2.05, 4.69) is 16.9 Å². The minimum Gasteiger partial charge on any atom is -0.493 e. The fourth-order valence-electron chi connectivity index (χ4n) is 2.50. The van der Waals surface area contributed by atoms with Crippen LogP contribution in [0.2, 0.25) is 0 Å². The molecule has 1 heterocycles. The molecule has 1 amide bonds. The van der Waals surface area contributed by atoms with Crippen molar-refractivity contribution in [1.82, 2.24) is 4.98 Å². The second-order valence-electron chi connectivity index (χ2n) is 5.72. The Morgan fingerprint density at radius 2 is 2.04 bits per heavy atom. The summed E-state index contributed by atoms with van der Waals surface area (Å²) in [5.74, 6) is 0.827. The number of allylic oxidation sites excluding steroid dienone is 1. The van der Waals surface area contributed by atoms with Crippen LogP contribution in [0.25, 0.3) is 11.3 Å². The van der Waals surface area contributed by atoms with Gasteiger partial charge in [0.25, 0.3) is 5.91 Å². The summed E-state index contributed by atoms with van der Waals surface area (Å²) in [5, 5.41) is 5.21. The van der Waals surface area contributed by atoms with E-state index >= 15 is 0 Å². The molecule has 0 atom stereocenters. The maximum Gasteiger partial charge on any atom is 0.264 e. The second kappa shape index (κ2) is 9.00. The van der Waals surface area contributed by atoms with Gasteiger partial charge in [0.15, 0.2) is 23.2 Å². The molecule has 0 fully saturated rings. The molecule has 1 N–H and O–H groups in total. The Kier molecular flexibility index (Phi) is 6.22. The van der Waals surface area contributed by atoms with E-state index in [1.54, 1.807) is 13.2 Å².